The molecule has 115 heavy (non-hydrogen) atoms. The van der Waals surface area contributed by atoms with Crippen molar-refractivity contribution in [2.45, 2.75) is 101 Å². The first-order valence-electron chi connectivity index (χ1n) is 38.9. The smallest absolute Gasteiger partial charge is 0.349 e. The lowest BCUT2D eigenvalue weighted by Crippen LogP contribution is -2.62. The van der Waals surface area contributed by atoms with E-state index in [0.717, 1.165) is 16.0 Å². The summed E-state index contributed by atoms with van der Waals surface area (Å²) in [7, 11) is 2.89. The molecule has 33 heteroatoms. The minimum absolute atomic E-state index is 0.00501. The van der Waals surface area contributed by atoms with Gasteiger partial charge in [0.25, 0.3) is 17.7 Å². The molecule has 5 heterocycles. The summed E-state index contributed by atoms with van der Waals surface area (Å²) in [4.78, 5) is 128. The number of aliphatic imine (C=N–C) groups is 1. The van der Waals surface area contributed by atoms with Crippen molar-refractivity contribution in [3.8, 4) is 23.0 Å². The van der Waals surface area contributed by atoms with Gasteiger partial charge in [-0.1, -0.05) is 67.3 Å². The number of rotatable bonds is 53. The van der Waals surface area contributed by atoms with E-state index in [1.165, 1.54) is 38.5 Å². The molecule has 33 nitrogen and oxygen atoms in total. The molecular formula is C82H108N10O23. The highest BCUT2D eigenvalue weighted by molar-refractivity contribution is 6.13. The van der Waals surface area contributed by atoms with E-state index in [2.05, 4.69) is 39.4 Å². The van der Waals surface area contributed by atoms with Crippen LogP contribution in [-0.2, 0) is 79.6 Å². The zero-order chi connectivity index (χ0) is 82.0. The van der Waals surface area contributed by atoms with Crippen molar-refractivity contribution >= 4 is 76.6 Å². The molecule has 5 aliphatic heterocycles. The molecule has 2 saturated heterocycles. The number of nitrogens with one attached hydrogen (secondary N) is 4. The molecule has 1 unspecified atom stereocenters. The second kappa shape index (κ2) is 45.9. The maximum atomic E-state index is 15.5. The summed E-state index contributed by atoms with van der Waals surface area (Å²) in [5.41, 5.74) is 8.04. The fourth-order valence-corrected chi connectivity index (χ4v) is 14.1. The summed E-state index contributed by atoms with van der Waals surface area (Å²) < 4.78 is 67.7. The number of ether oxygens (including phenoxy) is 12. The van der Waals surface area contributed by atoms with E-state index in [1.807, 2.05) is 30.3 Å². The molecule has 0 spiro atoms. The van der Waals surface area contributed by atoms with E-state index in [9.17, 15) is 48.6 Å². The van der Waals surface area contributed by atoms with Crippen molar-refractivity contribution < 1.29 is 115 Å². The Morgan fingerprint density at radius 2 is 1.20 bits per heavy atom. The first-order valence-corrected chi connectivity index (χ1v) is 38.9. The van der Waals surface area contributed by atoms with Crippen molar-refractivity contribution in [2.24, 2.45) is 10.7 Å². The van der Waals surface area contributed by atoms with Gasteiger partial charge >= 0.3 is 5.91 Å². The summed E-state index contributed by atoms with van der Waals surface area (Å²) in [6, 6.07) is 20.7. The molecule has 624 valence electrons. The van der Waals surface area contributed by atoms with Gasteiger partial charge in [0.15, 0.2) is 29.2 Å². The van der Waals surface area contributed by atoms with E-state index < -0.39 is 70.4 Å². The number of carbonyl (C=O) groups excluding carboxylic acids is 9. The van der Waals surface area contributed by atoms with E-state index in [4.69, 9.17) is 62.6 Å². The zero-order valence-corrected chi connectivity index (χ0v) is 65.6. The second-order valence-corrected chi connectivity index (χ2v) is 28.1. The van der Waals surface area contributed by atoms with Crippen LogP contribution < -0.4 is 56.0 Å². The number of carbonyl (C=O) groups is 9. The van der Waals surface area contributed by atoms with Gasteiger partial charge in [0.2, 0.25) is 23.6 Å². The van der Waals surface area contributed by atoms with Crippen LogP contribution in [0.2, 0.25) is 0 Å². The number of nitrogens with zero attached hydrogens (tertiary/aromatic N) is 5. The summed E-state index contributed by atoms with van der Waals surface area (Å²) in [6.07, 6.45) is 4.17. The van der Waals surface area contributed by atoms with Gasteiger partial charge < -0.3 is 104 Å². The van der Waals surface area contributed by atoms with Gasteiger partial charge in [-0.05, 0) is 74.8 Å². The average molecular weight is 1600 g/mol. The molecule has 0 radical (unpaired) electrons. The van der Waals surface area contributed by atoms with Crippen LogP contribution in [0.25, 0.3) is 0 Å². The fraction of sp³-hybridized carbons (Fsp3) is 0.512. The number of fused-ring (bicyclic) bond motifs is 4. The number of hydrogen-bond donors (Lipinski definition) is 6. The average Bonchev–Trinajstić information content (AvgIpc) is 1.57. The predicted octanol–water partition coefficient (Wildman–Crippen LogP) is 4.02. The lowest BCUT2D eigenvalue weighted by Gasteiger charge is -2.39. The quantitative estimate of drug-likeness (QED) is 0.0157. The van der Waals surface area contributed by atoms with Crippen LogP contribution in [0.5, 0.6) is 23.0 Å². The van der Waals surface area contributed by atoms with E-state index >= 15 is 4.79 Å². The van der Waals surface area contributed by atoms with Crippen LogP contribution in [0.15, 0.2) is 120 Å². The number of amides is 9. The van der Waals surface area contributed by atoms with Crippen molar-refractivity contribution in [1.82, 2.24) is 25.8 Å². The third-order valence-corrected chi connectivity index (χ3v) is 19.9. The molecule has 4 aromatic carbocycles. The van der Waals surface area contributed by atoms with Gasteiger partial charge in [0.05, 0.1) is 163 Å². The molecular weight excluding hydrogens is 1490 g/mol. The fourth-order valence-electron chi connectivity index (χ4n) is 14.1. The number of imide groups is 1. The number of quaternary nitrogens is 1. The SMILES string of the molecule is C=C1CC2C=Nc3cc(OCCCCCOc4cc5c(cc4OC)C(=O)[N@+]4(Cc6ccccc6NC(=O)CNC(=O)[C@](CCCCN)(Cc6ccccc6)NC(=O)CCOCCOCCOCCOCCOCCOCCOCCOCCNC(=O)CCN6C(=O)C=CC6=O)CC(=C)C[C@H]4[C@H](O)N5C(=O)[O-])c(OC)cc3C(=O)N2C1. The molecule has 5 atom stereocenters. The second-order valence-electron chi connectivity index (χ2n) is 28.1. The Morgan fingerprint density at radius 3 is 1.80 bits per heavy atom. The topological polar surface area (TPSA) is 404 Å². The van der Waals surface area contributed by atoms with Crippen molar-refractivity contribution in [3.05, 3.63) is 138 Å². The molecule has 4 aromatic rings. The molecule has 0 bridgehead atoms. The number of benzene rings is 4. The van der Waals surface area contributed by atoms with Gasteiger partial charge in [-0.25, -0.2) is 9.28 Å². The Labute approximate surface area is 669 Å². The van der Waals surface area contributed by atoms with E-state index in [0.29, 0.717) is 183 Å². The first-order chi connectivity index (χ1) is 55.8. The number of nitrogens with two attached hydrogens (primary N) is 1. The predicted molar refractivity (Wildman–Crippen MR) is 419 cm³/mol. The molecule has 0 aliphatic carbocycles. The van der Waals surface area contributed by atoms with Gasteiger partial charge in [0, 0.05) is 93.1 Å². The highest BCUT2D eigenvalue weighted by atomic mass is 16.6. The lowest BCUT2D eigenvalue weighted by atomic mass is 9.84. The molecule has 9 rings (SSSR count). The van der Waals surface area contributed by atoms with Crippen LogP contribution in [0.4, 0.5) is 21.9 Å². The third kappa shape index (κ3) is 25.7. The minimum atomic E-state index is -1.83. The number of para-hydroxylation sites is 1. The number of carboxylic acid groups (broad SMARTS) is 1. The largest absolute Gasteiger partial charge is 0.530 e. The van der Waals surface area contributed by atoms with Gasteiger partial charge in [-0.15, -0.1) is 0 Å². The maximum Gasteiger partial charge on any atom is 0.349 e. The molecule has 2 fully saturated rings. The normalized spacial score (nSPS) is 18.0. The number of anilines is 2. The standard InChI is InChI=1S/C82H108N10O23/c1-57-45-61-52-85-65-49-70(68(104-3)47-62(65)77(98)90(61)54-57)114-27-13-6-14-28-115-71-50-66-63(48-69(71)105-4)79(100)92(55-58(2)46-67(92)78(99)91(66)81(102)103)56-60-17-9-10-18-64(60)87-74(95)53-86-80(101)82(23-11-12-24-83,51-59-15-7-5-8-16-59)88-73(94)22-29-106-31-33-108-35-37-110-39-41-112-43-44-113-42-40-111-38-36-109-34-32-107-30-25-84-72(93)21-26-89-75(96)19-20-76(89)97/h5,7-10,15-20,47-50,52,61,67,78,99H,1-2,6,11-14,21-46,51,53-56,83H2,3-4H3,(H4-,84,86,87,88,93,94,95,101,102,103)/t61?,67-,78-,82-,92-/m0/s1. The Morgan fingerprint density at radius 1 is 0.626 bits per heavy atom. The highest BCUT2D eigenvalue weighted by Gasteiger charge is 2.58. The van der Waals surface area contributed by atoms with Crippen molar-refractivity contribution in [3.63, 3.8) is 0 Å². The lowest BCUT2D eigenvalue weighted by molar-refractivity contribution is -0.875. The van der Waals surface area contributed by atoms with Crippen LogP contribution in [0.1, 0.15) is 96.1 Å². The number of methoxy groups -OCH3 is 2. The maximum absolute atomic E-state index is 15.5. The number of unbranched alkanes of at least 4 members (excludes halogenated alkanes) is 3. The van der Waals surface area contributed by atoms with Crippen LogP contribution >= 0.6 is 0 Å². The monoisotopic (exact) mass is 1600 g/mol. The van der Waals surface area contributed by atoms with Gasteiger partial charge in [-0.2, -0.15) is 0 Å². The summed E-state index contributed by atoms with van der Waals surface area (Å²) in [6.45, 7) is 14.2. The summed E-state index contributed by atoms with van der Waals surface area (Å²) in [5.74, 6) is -2.49. The van der Waals surface area contributed by atoms with Crippen molar-refractivity contribution in [1.29, 1.82) is 0 Å². The van der Waals surface area contributed by atoms with Crippen molar-refractivity contribution in [2.75, 3.05) is 183 Å². The molecule has 0 saturated carbocycles. The third-order valence-electron chi connectivity index (χ3n) is 19.9. The Bertz CT molecular complexity index is 4030. The number of hydrogen-bond acceptors (Lipinski definition) is 25. The van der Waals surface area contributed by atoms with Crippen LogP contribution in [-0.4, -0.2) is 275 Å². The zero-order valence-electron chi connectivity index (χ0n) is 65.6. The molecule has 0 aromatic heterocycles. The summed E-state index contributed by atoms with van der Waals surface area (Å²) >= 11 is 0. The molecule has 7 N–H and O–H groups in total. The molecule has 5 aliphatic rings. The van der Waals surface area contributed by atoms with Crippen LogP contribution in [0, 0.1) is 0 Å². The van der Waals surface area contributed by atoms with Gasteiger partial charge in [0.1, 0.15) is 36.3 Å². The molecule has 9 amide bonds. The minimum Gasteiger partial charge on any atom is -0.530 e. The Hall–Kier alpha value is -10.0. The van der Waals surface area contributed by atoms with E-state index in [1.54, 1.807) is 47.5 Å². The van der Waals surface area contributed by atoms with Gasteiger partial charge in [-0.3, -0.25) is 48.4 Å². The number of aliphatic hydroxyl groups is 1. The van der Waals surface area contributed by atoms with Crippen LogP contribution in [0.3, 0.4) is 0 Å². The van der Waals surface area contributed by atoms with E-state index in [-0.39, 0.29) is 131 Å². The Kier molecular flexibility index (Phi) is 35.5. The number of aliphatic hydroxyl groups excluding tert-OH is 1. The Balaban J connectivity index is 0.682. The summed E-state index contributed by atoms with van der Waals surface area (Å²) in [5, 5.41) is 36.9. The highest BCUT2D eigenvalue weighted by Crippen LogP contribution is 2.47. The first kappa shape index (κ1) is 88.9.